The second-order valence-electron chi connectivity index (χ2n) is 7.46. The quantitative estimate of drug-likeness (QED) is 0.693. The summed E-state index contributed by atoms with van der Waals surface area (Å²) in [5.74, 6) is 1.25. The minimum Gasteiger partial charge on any atom is -0.497 e. The van der Waals surface area contributed by atoms with Gasteiger partial charge in [0.2, 0.25) is 0 Å². The van der Waals surface area contributed by atoms with Crippen LogP contribution in [0.5, 0.6) is 11.5 Å². The van der Waals surface area contributed by atoms with Crippen LogP contribution in [0.4, 0.5) is 0 Å². The Bertz CT molecular complexity index is 969. The van der Waals surface area contributed by atoms with Gasteiger partial charge in [0.25, 0.3) is 5.91 Å². The van der Waals surface area contributed by atoms with Crippen LogP contribution in [0.3, 0.4) is 0 Å². The molecule has 6 nitrogen and oxygen atoms in total. The molecule has 1 atom stereocenters. The minimum absolute atomic E-state index is 0.00145. The number of methoxy groups -OCH3 is 1. The molecule has 0 spiro atoms. The lowest BCUT2D eigenvalue weighted by Gasteiger charge is -2.28. The molecule has 2 aromatic carbocycles. The van der Waals surface area contributed by atoms with E-state index in [4.69, 9.17) is 9.47 Å². The van der Waals surface area contributed by atoms with E-state index in [1.165, 1.54) is 0 Å². The number of carbonyl (C=O) groups is 1. The summed E-state index contributed by atoms with van der Waals surface area (Å²) in [6.45, 7) is 4.21. The number of benzene rings is 2. The standard InChI is InChI=1S/C22H27NO5S/c1-16-4-7-21(12-17(16)2)28-14-22(24)23(19-10-11-29(25,26)15-19)13-18-5-8-20(27-3)9-6-18/h4-9,12,19H,10-11,13-15H2,1-3H3. The zero-order valence-electron chi connectivity index (χ0n) is 17.1. The van der Waals surface area contributed by atoms with Crippen LogP contribution in [0, 0.1) is 13.8 Å². The summed E-state index contributed by atoms with van der Waals surface area (Å²) >= 11 is 0. The second kappa shape index (κ2) is 8.86. The topological polar surface area (TPSA) is 72.9 Å². The molecular weight excluding hydrogens is 390 g/mol. The number of nitrogens with zero attached hydrogens (tertiary/aromatic N) is 1. The number of sulfone groups is 1. The molecule has 0 saturated carbocycles. The highest BCUT2D eigenvalue weighted by atomic mass is 32.2. The lowest BCUT2D eigenvalue weighted by molar-refractivity contribution is -0.136. The number of hydrogen-bond donors (Lipinski definition) is 0. The fraction of sp³-hybridized carbons (Fsp3) is 0.409. The van der Waals surface area contributed by atoms with E-state index in [1.807, 2.05) is 56.3 Å². The molecule has 3 rings (SSSR count). The predicted molar refractivity (Wildman–Crippen MR) is 112 cm³/mol. The molecule has 0 N–H and O–H groups in total. The highest BCUT2D eigenvalue weighted by molar-refractivity contribution is 7.91. The van der Waals surface area contributed by atoms with Gasteiger partial charge >= 0.3 is 0 Å². The van der Waals surface area contributed by atoms with Crippen LogP contribution in [0.25, 0.3) is 0 Å². The Hall–Kier alpha value is -2.54. The van der Waals surface area contributed by atoms with Gasteiger partial charge in [-0.3, -0.25) is 4.79 Å². The first-order chi connectivity index (χ1) is 13.8. The smallest absolute Gasteiger partial charge is 0.261 e. The Morgan fingerprint density at radius 1 is 1.07 bits per heavy atom. The van der Waals surface area contributed by atoms with E-state index in [-0.39, 0.29) is 30.1 Å². The van der Waals surface area contributed by atoms with Crippen molar-refractivity contribution in [2.45, 2.75) is 32.9 Å². The monoisotopic (exact) mass is 417 g/mol. The van der Waals surface area contributed by atoms with Crippen molar-refractivity contribution in [3.05, 3.63) is 59.2 Å². The molecule has 1 saturated heterocycles. The van der Waals surface area contributed by atoms with E-state index in [9.17, 15) is 13.2 Å². The first-order valence-electron chi connectivity index (χ1n) is 9.60. The predicted octanol–water partition coefficient (Wildman–Crippen LogP) is 2.91. The molecule has 1 heterocycles. The molecule has 1 amide bonds. The van der Waals surface area contributed by atoms with Crippen molar-refractivity contribution >= 4 is 15.7 Å². The molecule has 1 aliphatic heterocycles. The van der Waals surface area contributed by atoms with Crippen molar-refractivity contribution in [1.29, 1.82) is 0 Å². The first-order valence-corrected chi connectivity index (χ1v) is 11.4. The van der Waals surface area contributed by atoms with Crippen molar-refractivity contribution in [3.63, 3.8) is 0 Å². The Kier molecular flexibility index (Phi) is 6.47. The summed E-state index contributed by atoms with van der Waals surface area (Å²) in [6, 6.07) is 12.8. The molecule has 1 unspecified atom stereocenters. The molecule has 1 aliphatic rings. The van der Waals surface area contributed by atoms with Crippen LogP contribution >= 0.6 is 0 Å². The molecule has 0 aromatic heterocycles. The largest absolute Gasteiger partial charge is 0.497 e. The molecule has 0 aliphatic carbocycles. The molecule has 0 radical (unpaired) electrons. The van der Waals surface area contributed by atoms with E-state index in [2.05, 4.69) is 0 Å². The summed E-state index contributed by atoms with van der Waals surface area (Å²) in [4.78, 5) is 14.6. The van der Waals surface area contributed by atoms with E-state index >= 15 is 0 Å². The zero-order chi connectivity index (χ0) is 21.0. The number of amides is 1. The summed E-state index contributed by atoms with van der Waals surface area (Å²) in [7, 11) is -1.51. The van der Waals surface area contributed by atoms with Crippen molar-refractivity contribution in [2.24, 2.45) is 0 Å². The SMILES string of the molecule is COc1ccc(CN(C(=O)COc2ccc(C)c(C)c2)C2CCS(=O)(=O)C2)cc1. The lowest BCUT2D eigenvalue weighted by Crippen LogP contribution is -2.43. The Labute approximate surface area is 172 Å². The van der Waals surface area contributed by atoms with Crippen LogP contribution in [-0.2, 0) is 21.2 Å². The Balaban J connectivity index is 1.73. The highest BCUT2D eigenvalue weighted by Gasteiger charge is 2.34. The lowest BCUT2D eigenvalue weighted by atomic mass is 10.1. The second-order valence-corrected chi connectivity index (χ2v) is 9.69. The first kappa shape index (κ1) is 21.2. The third-order valence-corrected chi connectivity index (χ3v) is 7.07. The zero-order valence-corrected chi connectivity index (χ0v) is 17.9. The summed E-state index contributed by atoms with van der Waals surface area (Å²) in [5, 5.41) is 0. The minimum atomic E-state index is -3.11. The summed E-state index contributed by atoms with van der Waals surface area (Å²) in [6.07, 6.45) is 0.452. The normalized spacial score (nSPS) is 17.7. The maximum Gasteiger partial charge on any atom is 0.261 e. The average molecular weight is 418 g/mol. The van der Waals surface area contributed by atoms with Crippen LogP contribution in [0.2, 0.25) is 0 Å². The number of ether oxygens (including phenoxy) is 2. The van der Waals surface area contributed by atoms with Gasteiger partial charge in [-0.15, -0.1) is 0 Å². The van der Waals surface area contributed by atoms with Crippen LogP contribution in [-0.4, -0.2) is 50.5 Å². The number of hydrogen-bond acceptors (Lipinski definition) is 5. The van der Waals surface area contributed by atoms with Gasteiger partial charge in [0.15, 0.2) is 16.4 Å². The van der Waals surface area contributed by atoms with Gasteiger partial charge in [-0.25, -0.2) is 8.42 Å². The van der Waals surface area contributed by atoms with Gasteiger partial charge in [0.05, 0.1) is 18.6 Å². The summed E-state index contributed by atoms with van der Waals surface area (Å²) < 4.78 is 34.8. The number of carbonyl (C=O) groups excluding carboxylic acids is 1. The summed E-state index contributed by atoms with van der Waals surface area (Å²) in [5.41, 5.74) is 3.16. The molecule has 1 fully saturated rings. The van der Waals surface area contributed by atoms with E-state index in [0.717, 1.165) is 22.4 Å². The maximum absolute atomic E-state index is 13.0. The molecule has 156 valence electrons. The maximum atomic E-state index is 13.0. The van der Waals surface area contributed by atoms with Gasteiger partial charge in [0.1, 0.15) is 11.5 Å². The molecule has 0 bridgehead atoms. The van der Waals surface area contributed by atoms with Gasteiger partial charge in [-0.1, -0.05) is 18.2 Å². The van der Waals surface area contributed by atoms with Crippen molar-refractivity contribution in [2.75, 3.05) is 25.2 Å². The van der Waals surface area contributed by atoms with Crippen molar-refractivity contribution in [3.8, 4) is 11.5 Å². The van der Waals surface area contributed by atoms with Gasteiger partial charge in [-0.2, -0.15) is 0 Å². The number of rotatable bonds is 7. The highest BCUT2D eigenvalue weighted by Crippen LogP contribution is 2.22. The van der Waals surface area contributed by atoms with E-state index < -0.39 is 9.84 Å². The van der Waals surface area contributed by atoms with Gasteiger partial charge in [-0.05, 0) is 61.2 Å². The van der Waals surface area contributed by atoms with Crippen LogP contribution in [0.15, 0.2) is 42.5 Å². The molecule has 2 aromatic rings. The average Bonchev–Trinajstić information content (AvgIpc) is 3.06. The number of aryl methyl sites for hydroxylation is 2. The van der Waals surface area contributed by atoms with Crippen molar-refractivity contribution < 1.29 is 22.7 Å². The van der Waals surface area contributed by atoms with Gasteiger partial charge in [0, 0.05) is 12.6 Å². The van der Waals surface area contributed by atoms with Crippen molar-refractivity contribution in [1.82, 2.24) is 4.90 Å². The molecular formula is C22H27NO5S. The third-order valence-electron chi connectivity index (χ3n) is 5.32. The van der Waals surface area contributed by atoms with E-state index in [1.54, 1.807) is 12.0 Å². The fourth-order valence-electron chi connectivity index (χ4n) is 3.40. The Morgan fingerprint density at radius 2 is 1.76 bits per heavy atom. The molecule has 7 heteroatoms. The fourth-order valence-corrected chi connectivity index (χ4v) is 5.13. The molecule has 29 heavy (non-hydrogen) atoms. The van der Waals surface area contributed by atoms with Crippen LogP contribution < -0.4 is 9.47 Å². The van der Waals surface area contributed by atoms with Gasteiger partial charge < -0.3 is 14.4 Å². The third kappa shape index (κ3) is 5.50. The Morgan fingerprint density at radius 3 is 2.34 bits per heavy atom. The van der Waals surface area contributed by atoms with Crippen LogP contribution in [0.1, 0.15) is 23.1 Å². The van der Waals surface area contributed by atoms with E-state index in [0.29, 0.717) is 18.7 Å².